The molecule has 70 valence electrons. The van der Waals surface area contributed by atoms with Gasteiger partial charge in [-0.2, -0.15) is 0 Å². The van der Waals surface area contributed by atoms with Gasteiger partial charge in [0.05, 0.1) is 0 Å². The monoisotopic (exact) mass is 197 g/mol. The summed E-state index contributed by atoms with van der Waals surface area (Å²) < 4.78 is 0. The van der Waals surface area contributed by atoms with Crippen molar-refractivity contribution in [2.24, 2.45) is 0 Å². The van der Waals surface area contributed by atoms with Crippen LogP contribution in [0.25, 0.3) is 0 Å². The minimum atomic E-state index is 0.336. The lowest BCUT2D eigenvalue weighted by atomic mass is 10.3. The van der Waals surface area contributed by atoms with Crippen LogP contribution >= 0.6 is 11.6 Å². The topological polar surface area (TPSA) is 37.8 Å². The Kier molecular flexibility index (Phi) is 2.36. The molecule has 4 heteroatoms. The third-order valence-corrected chi connectivity index (χ3v) is 2.21. The third kappa shape index (κ3) is 2.31. The molecule has 0 amide bonds. The molecule has 0 saturated heterocycles. The van der Waals surface area contributed by atoms with E-state index < -0.39 is 0 Å². The summed E-state index contributed by atoms with van der Waals surface area (Å²) in [5.74, 6) is 0.861. The molecule has 3 nitrogen and oxygen atoms in total. The highest BCUT2D eigenvalue weighted by atomic mass is 35.5. The molecule has 0 atom stereocenters. The Labute approximate surface area is 82.5 Å². The summed E-state index contributed by atoms with van der Waals surface area (Å²) in [7, 11) is 0. The molecule has 1 N–H and O–H groups in total. The van der Waals surface area contributed by atoms with E-state index >= 15 is 0 Å². The SMILES string of the molecule is CCc1cc(NC2CC2)nc(Cl)n1. The zero-order valence-corrected chi connectivity index (χ0v) is 8.30. The number of aromatic nitrogens is 2. The van der Waals surface area contributed by atoms with E-state index in [0.717, 1.165) is 17.9 Å². The second-order valence-electron chi connectivity index (χ2n) is 3.29. The molecule has 1 aromatic heterocycles. The van der Waals surface area contributed by atoms with Crippen LogP contribution < -0.4 is 5.32 Å². The van der Waals surface area contributed by atoms with Gasteiger partial charge in [0.15, 0.2) is 0 Å². The van der Waals surface area contributed by atoms with Crippen LogP contribution in [0, 0.1) is 0 Å². The Morgan fingerprint density at radius 2 is 2.31 bits per heavy atom. The zero-order valence-electron chi connectivity index (χ0n) is 7.55. The highest BCUT2D eigenvalue weighted by Crippen LogP contribution is 2.24. The van der Waals surface area contributed by atoms with E-state index in [4.69, 9.17) is 11.6 Å². The second-order valence-corrected chi connectivity index (χ2v) is 3.62. The lowest BCUT2D eigenvalue weighted by molar-refractivity contribution is 0.987. The van der Waals surface area contributed by atoms with Crippen molar-refractivity contribution < 1.29 is 0 Å². The Bertz CT molecular complexity index is 310. The fourth-order valence-electron chi connectivity index (χ4n) is 1.16. The predicted octanol–water partition coefficient (Wildman–Crippen LogP) is 2.27. The molecule has 0 spiro atoms. The summed E-state index contributed by atoms with van der Waals surface area (Å²) >= 11 is 5.77. The molecule has 13 heavy (non-hydrogen) atoms. The first-order chi connectivity index (χ1) is 6.28. The maximum atomic E-state index is 5.77. The van der Waals surface area contributed by atoms with Crippen molar-refractivity contribution in [3.63, 3.8) is 0 Å². The van der Waals surface area contributed by atoms with Gasteiger partial charge in [0.2, 0.25) is 5.28 Å². The Hall–Kier alpha value is -0.830. The van der Waals surface area contributed by atoms with Crippen LogP contribution in [0.5, 0.6) is 0 Å². The van der Waals surface area contributed by atoms with Gasteiger partial charge in [0, 0.05) is 17.8 Å². The highest BCUT2D eigenvalue weighted by Gasteiger charge is 2.21. The number of nitrogens with one attached hydrogen (secondary N) is 1. The Balaban J connectivity index is 2.17. The van der Waals surface area contributed by atoms with Gasteiger partial charge in [-0.25, -0.2) is 9.97 Å². The lowest BCUT2D eigenvalue weighted by Gasteiger charge is -2.04. The molecule has 1 saturated carbocycles. The molecule has 1 aromatic rings. The molecule has 0 aromatic carbocycles. The van der Waals surface area contributed by atoms with Gasteiger partial charge in [-0.1, -0.05) is 6.92 Å². The first-order valence-electron chi connectivity index (χ1n) is 4.58. The first kappa shape index (κ1) is 8.75. The van der Waals surface area contributed by atoms with Crippen LogP contribution in [-0.2, 0) is 6.42 Å². The average Bonchev–Trinajstić information content (AvgIpc) is 2.87. The van der Waals surface area contributed by atoms with Crippen molar-refractivity contribution in [3.05, 3.63) is 17.0 Å². The van der Waals surface area contributed by atoms with Gasteiger partial charge in [-0.15, -0.1) is 0 Å². The van der Waals surface area contributed by atoms with E-state index in [1.165, 1.54) is 12.8 Å². The predicted molar refractivity (Wildman–Crippen MR) is 53.1 cm³/mol. The summed E-state index contributed by atoms with van der Waals surface area (Å²) in [5.41, 5.74) is 0.989. The summed E-state index contributed by atoms with van der Waals surface area (Å²) in [6, 6.07) is 2.57. The maximum absolute atomic E-state index is 5.77. The third-order valence-electron chi connectivity index (χ3n) is 2.04. The van der Waals surface area contributed by atoms with Crippen LogP contribution in [0.3, 0.4) is 0 Å². The molecule has 1 fully saturated rings. The van der Waals surface area contributed by atoms with E-state index in [2.05, 4.69) is 22.2 Å². The molecular formula is C9H12ClN3. The fraction of sp³-hybridized carbons (Fsp3) is 0.556. The number of hydrogen-bond acceptors (Lipinski definition) is 3. The zero-order chi connectivity index (χ0) is 9.26. The standard InChI is InChI=1S/C9H12ClN3/c1-2-6-5-8(11-7-3-4-7)13-9(10)12-6/h5,7H,2-4H2,1H3,(H,11,12,13). The fourth-order valence-corrected chi connectivity index (χ4v) is 1.36. The van der Waals surface area contributed by atoms with E-state index in [0.29, 0.717) is 11.3 Å². The number of hydrogen-bond donors (Lipinski definition) is 1. The van der Waals surface area contributed by atoms with Gasteiger partial charge in [0.25, 0.3) is 0 Å². The van der Waals surface area contributed by atoms with Crippen LogP contribution in [-0.4, -0.2) is 16.0 Å². The van der Waals surface area contributed by atoms with Gasteiger partial charge in [-0.3, -0.25) is 0 Å². The van der Waals surface area contributed by atoms with E-state index in [1.54, 1.807) is 0 Å². The van der Waals surface area contributed by atoms with Gasteiger partial charge >= 0.3 is 0 Å². The quantitative estimate of drug-likeness (QED) is 0.756. The largest absolute Gasteiger partial charge is 0.367 e. The Morgan fingerprint density at radius 1 is 1.54 bits per heavy atom. The molecule has 1 aliphatic carbocycles. The summed E-state index contributed by atoms with van der Waals surface area (Å²) in [4.78, 5) is 8.20. The molecular weight excluding hydrogens is 186 g/mol. The number of anilines is 1. The van der Waals surface area contributed by atoms with Gasteiger partial charge < -0.3 is 5.32 Å². The molecule has 0 aliphatic heterocycles. The number of nitrogens with zero attached hydrogens (tertiary/aromatic N) is 2. The molecule has 2 rings (SSSR count). The minimum absolute atomic E-state index is 0.336. The second kappa shape index (κ2) is 3.50. The van der Waals surface area contributed by atoms with E-state index in [-0.39, 0.29) is 0 Å². The minimum Gasteiger partial charge on any atom is -0.367 e. The number of aryl methyl sites for hydroxylation is 1. The van der Waals surface area contributed by atoms with E-state index in [9.17, 15) is 0 Å². The van der Waals surface area contributed by atoms with Crippen LogP contribution in [0.1, 0.15) is 25.5 Å². The van der Waals surface area contributed by atoms with Gasteiger partial charge in [0.1, 0.15) is 5.82 Å². The lowest BCUT2D eigenvalue weighted by Crippen LogP contribution is -2.04. The number of halogens is 1. The van der Waals surface area contributed by atoms with Crippen molar-refractivity contribution in [2.75, 3.05) is 5.32 Å². The van der Waals surface area contributed by atoms with Crippen LogP contribution in [0.15, 0.2) is 6.07 Å². The van der Waals surface area contributed by atoms with Crippen molar-refractivity contribution in [1.29, 1.82) is 0 Å². The average molecular weight is 198 g/mol. The Morgan fingerprint density at radius 3 is 2.92 bits per heavy atom. The maximum Gasteiger partial charge on any atom is 0.224 e. The molecule has 0 unspecified atom stereocenters. The van der Waals surface area contributed by atoms with Crippen LogP contribution in [0.2, 0.25) is 5.28 Å². The number of rotatable bonds is 3. The van der Waals surface area contributed by atoms with E-state index in [1.807, 2.05) is 6.07 Å². The molecule has 1 aliphatic rings. The van der Waals surface area contributed by atoms with Crippen molar-refractivity contribution >= 4 is 17.4 Å². The normalized spacial score (nSPS) is 15.8. The van der Waals surface area contributed by atoms with Gasteiger partial charge in [-0.05, 0) is 30.9 Å². The summed E-state index contributed by atoms with van der Waals surface area (Å²) in [6.07, 6.45) is 3.37. The van der Waals surface area contributed by atoms with Crippen LogP contribution in [0.4, 0.5) is 5.82 Å². The molecule has 1 heterocycles. The molecule has 0 bridgehead atoms. The smallest absolute Gasteiger partial charge is 0.224 e. The summed E-state index contributed by atoms with van der Waals surface area (Å²) in [5, 5.41) is 3.63. The first-order valence-corrected chi connectivity index (χ1v) is 4.95. The summed E-state index contributed by atoms with van der Waals surface area (Å²) in [6.45, 7) is 2.06. The van der Waals surface area contributed by atoms with Crippen molar-refractivity contribution in [2.45, 2.75) is 32.2 Å². The highest BCUT2D eigenvalue weighted by molar-refractivity contribution is 6.28. The van der Waals surface area contributed by atoms with Crippen molar-refractivity contribution in [3.8, 4) is 0 Å². The van der Waals surface area contributed by atoms with Crippen molar-refractivity contribution in [1.82, 2.24) is 9.97 Å². The molecule has 0 radical (unpaired) electrons.